The summed E-state index contributed by atoms with van der Waals surface area (Å²) in [5.41, 5.74) is 0. The summed E-state index contributed by atoms with van der Waals surface area (Å²) in [6.07, 6.45) is 16.1. The molecule has 0 spiro atoms. The van der Waals surface area contributed by atoms with Crippen LogP contribution < -0.4 is 0 Å². The second kappa shape index (κ2) is 31.9. The van der Waals surface area contributed by atoms with Crippen LogP contribution in [-0.2, 0) is 32.7 Å². The first kappa shape index (κ1) is 50.9. The molecule has 1 rings (SSSR count). The third kappa shape index (κ3) is 24.5. The van der Waals surface area contributed by atoms with E-state index in [0.29, 0.717) is 12.8 Å². The van der Waals surface area contributed by atoms with E-state index >= 15 is 0 Å². The Balaban J connectivity index is 2.46. The molecule has 0 heterocycles. The van der Waals surface area contributed by atoms with Gasteiger partial charge in [0.2, 0.25) is 0 Å². The highest BCUT2D eigenvalue weighted by Crippen LogP contribution is 2.47. The molecule has 0 aliphatic heterocycles. The van der Waals surface area contributed by atoms with E-state index in [-0.39, 0.29) is 12.8 Å². The maximum atomic E-state index is 12.8. The van der Waals surface area contributed by atoms with Gasteiger partial charge in [-0.05, 0) is 12.8 Å². The van der Waals surface area contributed by atoms with Gasteiger partial charge in [0.1, 0.15) is 43.2 Å². The number of aliphatic hydroxyl groups excluding tert-OH is 5. The molecule has 1 aliphatic carbocycles. The average molecular weight is 797 g/mol. The molecule has 54 heavy (non-hydrogen) atoms. The van der Waals surface area contributed by atoms with E-state index in [0.717, 1.165) is 38.5 Å². The standard InChI is InChI=1S/C40H77O13P/c1-3-5-7-9-11-13-14-15-16-17-18-19-21-23-25-27-29-34(42)52-32(30-50-33(41)28-26-24-22-20-12-10-8-6-4-2)31-51-54(48,49)53-40-38(46)36(44)35(43)37(45)39(40)47/h32,35-40,43-47H,3-31H2,1-2H3,(H,48,49). The minimum Gasteiger partial charge on any atom is -0.462 e. The largest absolute Gasteiger partial charge is 0.472 e. The Labute approximate surface area is 325 Å². The zero-order valence-corrected chi connectivity index (χ0v) is 34.4. The van der Waals surface area contributed by atoms with Crippen molar-refractivity contribution in [2.24, 2.45) is 0 Å². The topological polar surface area (TPSA) is 210 Å². The van der Waals surface area contributed by atoms with Crippen molar-refractivity contribution in [1.29, 1.82) is 0 Å². The molecule has 6 N–H and O–H groups in total. The normalized spacial score (nSPS) is 23.2. The van der Waals surface area contributed by atoms with Crippen molar-refractivity contribution in [2.75, 3.05) is 13.2 Å². The monoisotopic (exact) mass is 797 g/mol. The van der Waals surface area contributed by atoms with Crippen LogP contribution >= 0.6 is 7.82 Å². The van der Waals surface area contributed by atoms with Crippen LogP contribution in [0.4, 0.5) is 0 Å². The molecule has 1 saturated carbocycles. The van der Waals surface area contributed by atoms with E-state index in [1.807, 2.05) is 0 Å². The number of rotatable bonds is 35. The van der Waals surface area contributed by atoms with Crippen LogP contribution in [-0.4, -0.2) is 98.3 Å². The summed E-state index contributed by atoms with van der Waals surface area (Å²) >= 11 is 0. The maximum Gasteiger partial charge on any atom is 0.472 e. The van der Waals surface area contributed by atoms with Gasteiger partial charge in [0.25, 0.3) is 0 Å². The summed E-state index contributed by atoms with van der Waals surface area (Å²) < 4.78 is 33.4. The van der Waals surface area contributed by atoms with Gasteiger partial charge in [-0.1, -0.05) is 162 Å². The fraction of sp³-hybridized carbons (Fsp3) is 0.950. The summed E-state index contributed by atoms with van der Waals surface area (Å²) in [7, 11) is -5.10. The molecule has 0 radical (unpaired) electrons. The van der Waals surface area contributed by atoms with Gasteiger partial charge in [0, 0.05) is 12.8 Å². The van der Waals surface area contributed by atoms with Crippen LogP contribution in [0, 0.1) is 0 Å². The lowest BCUT2D eigenvalue weighted by Crippen LogP contribution is -2.64. The lowest BCUT2D eigenvalue weighted by atomic mass is 9.85. The highest BCUT2D eigenvalue weighted by Gasteiger charge is 2.51. The molecule has 0 aromatic heterocycles. The van der Waals surface area contributed by atoms with E-state index in [4.69, 9.17) is 18.5 Å². The molecule has 0 aromatic carbocycles. The van der Waals surface area contributed by atoms with Crippen LogP contribution in [0.3, 0.4) is 0 Å². The lowest BCUT2D eigenvalue weighted by Gasteiger charge is -2.41. The van der Waals surface area contributed by atoms with Gasteiger partial charge in [-0.3, -0.25) is 18.6 Å². The maximum absolute atomic E-state index is 12.8. The number of carbonyl (C=O) groups excluding carboxylic acids is 2. The van der Waals surface area contributed by atoms with Crippen molar-refractivity contribution < 1.29 is 63.1 Å². The second-order valence-corrected chi connectivity index (χ2v) is 16.6. The summed E-state index contributed by atoms with van der Waals surface area (Å²) in [5.74, 6) is -1.09. The SMILES string of the molecule is CCCCCCCCCCCCCCCCCCC(=O)OC(COC(=O)CCCCCCCCCCC)COP(=O)(O)OC1C(O)C(O)C(O)C(O)C1O. The van der Waals surface area contributed by atoms with Gasteiger partial charge in [0.15, 0.2) is 6.10 Å². The molecule has 0 bridgehead atoms. The lowest BCUT2D eigenvalue weighted by molar-refractivity contribution is -0.220. The quantitative estimate of drug-likeness (QED) is 0.0211. The Morgan fingerprint density at radius 2 is 0.833 bits per heavy atom. The Kier molecular flexibility index (Phi) is 30.0. The third-order valence-corrected chi connectivity index (χ3v) is 11.2. The zero-order chi connectivity index (χ0) is 40.0. The molecule has 0 amide bonds. The zero-order valence-electron chi connectivity index (χ0n) is 33.5. The molecule has 13 nitrogen and oxygen atoms in total. The smallest absolute Gasteiger partial charge is 0.462 e. The van der Waals surface area contributed by atoms with Crippen molar-refractivity contribution in [3.8, 4) is 0 Å². The first-order valence-corrected chi connectivity index (χ1v) is 22.8. The minimum atomic E-state index is -5.10. The summed E-state index contributed by atoms with van der Waals surface area (Å²) in [6.45, 7) is 3.27. The Bertz CT molecular complexity index is 969. The van der Waals surface area contributed by atoms with Crippen LogP contribution in [0.15, 0.2) is 0 Å². The highest BCUT2D eigenvalue weighted by atomic mass is 31.2. The molecule has 1 aliphatic rings. The number of esters is 2. The van der Waals surface area contributed by atoms with Crippen molar-refractivity contribution >= 4 is 19.8 Å². The third-order valence-electron chi connectivity index (χ3n) is 10.2. The van der Waals surface area contributed by atoms with Gasteiger partial charge in [-0.2, -0.15) is 0 Å². The predicted molar refractivity (Wildman–Crippen MR) is 208 cm³/mol. The van der Waals surface area contributed by atoms with E-state index in [1.54, 1.807) is 0 Å². The van der Waals surface area contributed by atoms with Crippen molar-refractivity contribution in [2.45, 2.75) is 230 Å². The minimum absolute atomic E-state index is 0.104. The van der Waals surface area contributed by atoms with E-state index in [1.165, 1.54) is 109 Å². The second-order valence-electron chi connectivity index (χ2n) is 15.2. The number of ether oxygens (including phenoxy) is 2. The van der Waals surface area contributed by atoms with E-state index in [9.17, 15) is 44.6 Å². The van der Waals surface area contributed by atoms with E-state index < -0.39 is 75.7 Å². The predicted octanol–water partition coefficient (Wildman–Crippen LogP) is 7.33. The molecule has 320 valence electrons. The Morgan fingerprint density at radius 3 is 1.22 bits per heavy atom. The van der Waals surface area contributed by atoms with Crippen molar-refractivity contribution in [3.63, 3.8) is 0 Å². The highest BCUT2D eigenvalue weighted by molar-refractivity contribution is 7.47. The van der Waals surface area contributed by atoms with Crippen LogP contribution in [0.2, 0.25) is 0 Å². The van der Waals surface area contributed by atoms with Crippen LogP contribution in [0.5, 0.6) is 0 Å². The van der Waals surface area contributed by atoms with Gasteiger partial charge in [-0.25, -0.2) is 4.57 Å². The number of aliphatic hydroxyl groups is 5. The number of hydrogen-bond donors (Lipinski definition) is 6. The first-order valence-electron chi connectivity index (χ1n) is 21.3. The number of phosphoric acid groups is 1. The van der Waals surface area contributed by atoms with Gasteiger partial charge in [-0.15, -0.1) is 0 Å². The van der Waals surface area contributed by atoms with Gasteiger partial charge >= 0.3 is 19.8 Å². The van der Waals surface area contributed by atoms with Gasteiger partial charge in [0.05, 0.1) is 6.61 Å². The molecule has 0 aromatic rings. The molecular formula is C40H77O13P. The Hall–Kier alpha value is -1.15. The molecule has 1 fully saturated rings. The first-order chi connectivity index (χ1) is 25.9. The summed E-state index contributed by atoms with van der Waals surface area (Å²) in [4.78, 5) is 35.5. The van der Waals surface area contributed by atoms with Crippen LogP contribution in [0.1, 0.15) is 187 Å². The number of unbranched alkanes of at least 4 members (excludes halogenated alkanes) is 23. The van der Waals surface area contributed by atoms with E-state index in [2.05, 4.69) is 13.8 Å². The number of carbonyl (C=O) groups is 2. The molecule has 6 unspecified atom stereocenters. The molecular weight excluding hydrogens is 719 g/mol. The number of phosphoric ester groups is 1. The fourth-order valence-electron chi connectivity index (χ4n) is 6.70. The van der Waals surface area contributed by atoms with Crippen molar-refractivity contribution in [1.82, 2.24) is 0 Å². The molecule has 14 heteroatoms. The van der Waals surface area contributed by atoms with Gasteiger partial charge < -0.3 is 39.9 Å². The van der Waals surface area contributed by atoms with Crippen molar-refractivity contribution in [3.05, 3.63) is 0 Å². The molecule has 0 saturated heterocycles. The Morgan fingerprint density at radius 1 is 0.500 bits per heavy atom. The fourth-order valence-corrected chi connectivity index (χ4v) is 7.67. The average Bonchev–Trinajstić information content (AvgIpc) is 3.15. The summed E-state index contributed by atoms with van der Waals surface area (Å²) in [5, 5.41) is 50.0. The number of hydrogen-bond acceptors (Lipinski definition) is 12. The summed E-state index contributed by atoms with van der Waals surface area (Å²) in [6, 6.07) is 0. The molecule has 6 atom stereocenters. The van der Waals surface area contributed by atoms with Crippen LogP contribution in [0.25, 0.3) is 0 Å².